The lowest BCUT2D eigenvalue weighted by Gasteiger charge is -2.63. The third kappa shape index (κ3) is 2.18. The molecular formula is C14H18Br2N2O4. The van der Waals surface area contributed by atoms with Gasteiger partial charge in [-0.3, -0.25) is 0 Å². The number of fused-ring (bicyclic) bond motifs is 1. The smallest absolute Gasteiger partial charge is 0.429 e. The van der Waals surface area contributed by atoms with Crippen LogP contribution in [0.2, 0.25) is 0 Å². The predicted octanol–water partition coefficient (Wildman–Crippen LogP) is 2.91. The van der Waals surface area contributed by atoms with E-state index in [2.05, 4.69) is 31.9 Å². The van der Waals surface area contributed by atoms with Crippen molar-refractivity contribution in [3.05, 3.63) is 12.2 Å². The number of nitrogens with zero attached hydrogens (tertiary/aromatic N) is 2. The third-order valence-corrected chi connectivity index (χ3v) is 7.55. The minimum atomic E-state index is -0.508. The van der Waals surface area contributed by atoms with E-state index in [1.165, 1.54) is 10.0 Å². The number of rotatable bonds is 2. The lowest BCUT2D eigenvalue weighted by atomic mass is 9.61. The molecule has 8 heteroatoms. The van der Waals surface area contributed by atoms with Gasteiger partial charge in [0.15, 0.2) is 0 Å². The molecule has 1 saturated heterocycles. The molecule has 0 unspecified atom stereocenters. The van der Waals surface area contributed by atoms with Crippen LogP contribution in [0.1, 0.15) is 13.8 Å². The number of ether oxygens (including phenoxy) is 2. The van der Waals surface area contributed by atoms with Crippen molar-refractivity contribution in [2.24, 2.45) is 11.8 Å². The number of hydrazine groups is 1. The van der Waals surface area contributed by atoms with E-state index in [-0.39, 0.29) is 46.8 Å². The van der Waals surface area contributed by atoms with Crippen LogP contribution in [-0.4, -0.2) is 57.2 Å². The molecule has 0 radical (unpaired) electrons. The van der Waals surface area contributed by atoms with Crippen molar-refractivity contribution in [3.8, 4) is 0 Å². The van der Waals surface area contributed by atoms with Crippen molar-refractivity contribution < 1.29 is 19.1 Å². The molecule has 0 N–H and O–H groups in total. The van der Waals surface area contributed by atoms with Crippen LogP contribution in [0.3, 0.4) is 0 Å². The van der Waals surface area contributed by atoms with Crippen LogP contribution in [0.15, 0.2) is 12.2 Å². The van der Waals surface area contributed by atoms with E-state index in [0.717, 1.165) is 0 Å². The van der Waals surface area contributed by atoms with E-state index in [9.17, 15) is 9.59 Å². The maximum atomic E-state index is 12.4. The average Bonchev–Trinajstić information content (AvgIpc) is 2.53. The summed E-state index contributed by atoms with van der Waals surface area (Å²) in [4.78, 5) is 25.3. The SMILES string of the molecule is CCOC(=O)N1[C@H]2C=C[C@@H]([C@@H]3[C@H](Br)[C@@H](Br)[C@H]32)N1C(=O)OCC. The summed E-state index contributed by atoms with van der Waals surface area (Å²) in [5.41, 5.74) is 0. The van der Waals surface area contributed by atoms with Crippen LogP contribution in [-0.2, 0) is 9.47 Å². The highest BCUT2D eigenvalue weighted by Gasteiger charge is 2.64. The van der Waals surface area contributed by atoms with Crippen LogP contribution in [0.25, 0.3) is 0 Å². The number of hydrogen-bond donors (Lipinski definition) is 0. The second-order valence-corrected chi connectivity index (χ2v) is 7.61. The first-order chi connectivity index (χ1) is 10.5. The number of halogens is 2. The van der Waals surface area contributed by atoms with Gasteiger partial charge in [-0.2, -0.15) is 0 Å². The Morgan fingerprint density at radius 1 is 0.909 bits per heavy atom. The fourth-order valence-electron chi connectivity index (χ4n) is 3.60. The van der Waals surface area contributed by atoms with Crippen molar-refractivity contribution in [1.29, 1.82) is 0 Å². The van der Waals surface area contributed by atoms with Crippen molar-refractivity contribution >= 4 is 44.0 Å². The number of amides is 2. The summed E-state index contributed by atoms with van der Waals surface area (Å²) < 4.78 is 10.3. The molecule has 2 aliphatic heterocycles. The summed E-state index contributed by atoms with van der Waals surface area (Å²) in [5, 5.41) is 2.83. The molecule has 2 heterocycles. The highest BCUT2D eigenvalue weighted by molar-refractivity contribution is 9.12. The van der Waals surface area contributed by atoms with Gasteiger partial charge < -0.3 is 9.47 Å². The Hall–Kier alpha value is -0.760. The van der Waals surface area contributed by atoms with Gasteiger partial charge in [0, 0.05) is 21.5 Å². The van der Waals surface area contributed by atoms with Gasteiger partial charge in [0.2, 0.25) is 0 Å². The summed E-state index contributed by atoms with van der Waals surface area (Å²) in [6.45, 7) is 4.03. The summed E-state index contributed by atoms with van der Waals surface area (Å²) in [6.07, 6.45) is 2.97. The standard InChI is InChI=1S/C14H18Br2N2O4/c1-3-21-13(19)17-7-5-6-8(18(17)14(20)22-4-2)10-9(7)11(15)12(10)16/h5-12H,3-4H2,1-2H3/t7-,8-,9-,10-,11-,12-/m0/s1. The van der Waals surface area contributed by atoms with Gasteiger partial charge in [0.1, 0.15) is 0 Å². The Bertz CT molecular complexity index is 471. The monoisotopic (exact) mass is 436 g/mol. The van der Waals surface area contributed by atoms with Crippen LogP contribution in [0, 0.1) is 11.8 Å². The molecule has 0 spiro atoms. The number of alkyl halides is 2. The molecule has 1 saturated carbocycles. The molecule has 2 bridgehead atoms. The van der Waals surface area contributed by atoms with Gasteiger partial charge >= 0.3 is 12.2 Å². The lowest BCUT2D eigenvalue weighted by molar-refractivity contribution is -0.141. The molecular weight excluding hydrogens is 420 g/mol. The van der Waals surface area contributed by atoms with E-state index in [4.69, 9.17) is 9.47 Å². The zero-order valence-electron chi connectivity index (χ0n) is 12.3. The molecule has 4 aliphatic rings. The fourth-order valence-corrected chi connectivity index (χ4v) is 5.63. The second kappa shape index (κ2) is 6.03. The van der Waals surface area contributed by atoms with Gasteiger partial charge in [-0.25, -0.2) is 19.6 Å². The van der Waals surface area contributed by atoms with E-state index >= 15 is 0 Å². The first-order valence-electron chi connectivity index (χ1n) is 7.41. The summed E-state index contributed by atoms with van der Waals surface area (Å²) >= 11 is 7.36. The topological polar surface area (TPSA) is 59.1 Å². The van der Waals surface area contributed by atoms with Crippen LogP contribution in [0.5, 0.6) is 0 Å². The van der Waals surface area contributed by atoms with Gasteiger partial charge in [-0.05, 0) is 13.8 Å². The number of hydrogen-bond acceptors (Lipinski definition) is 4. The second-order valence-electron chi connectivity index (χ2n) is 5.50. The van der Waals surface area contributed by atoms with Gasteiger partial charge in [-0.15, -0.1) is 0 Å². The minimum Gasteiger partial charge on any atom is -0.448 e. The first kappa shape index (κ1) is 16.1. The van der Waals surface area contributed by atoms with Crippen LogP contribution >= 0.6 is 31.9 Å². The Morgan fingerprint density at radius 2 is 1.27 bits per heavy atom. The van der Waals surface area contributed by atoms with Gasteiger partial charge in [0.05, 0.1) is 25.3 Å². The molecule has 0 aromatic carbocycles. The van der Waals surface area contributed by atoms with Crippen molar-refractivity contribution in [2.45, 2.75) is 35.6 Å². The average molecular weight is 438 g/mol. The fraction of sp³-hybridized carbons (Fsp3) is 0.714. The highest BCUT2D eigenvalue weighted by atomic mass is 79.9. The molecule has 2 fully saturated rings. The normalized spacial score (nSPS) is 38.4. The van der Waals surface area contributed by atoms with E-state index in [1.54, 1.807) is 13.8 Å². The van der Waals surface area contributed by atoms with Crippen molar-refractivity contribution in [1.82, 2.24) is 10.0 Å². The third-order valence-electron chi connectivity index (χ3n) is 4.48. The molecule has 2 aliphatic carbocycles. The number of carbonyl (C=O) groups is 2. The van der Waals surface area contributed by atoms with Crippen LogP contribution < -0.4 is 0 Å². The predicted molar refractivity (Wildman–Crippen MR) is 86.8 cm³/mol. The summed E-state index contributed by atoms with van der Waals surface area (Å²) in [5.74, 6) is 0.518. The van der Waals surface area contributed by atoms with Crippen molar-refractivity contribution in [3.63, 3.8) is 0 Å². The molecule has 122 valence electrons. The zero-order chi connectivity index (χ0) is 16.0. The zero-order valence-corrected chi connectivity index (χ0v) is 15.5. The quantitative estimate of drug-likeness (QED) is 0.492. The Labute approximate surface area is 146 Å². The molecule has 6 atom stereocenters. The Morgan fingerprint density at radius 3 is 1.59 bits per heavy atom. The van der Waals surface area contributed by atoms with E-state index in [1.807, 2.05) is 12.2 Å². The molecule has 22 heavy (non-hydrogen) atoms. The summed E-state index contributed by atoms with van der Waals surface area (Å²) in [7, 11) is 0. The molecule has 0 aromatic rings. The molecule has 4 rings (SSSR count). The molecule has 6 nitrogen and oxygen atoms in total. The lowest BCUT2D eigenvalue weighted by Crippen LogP contribution is -2.76. The van der Waals surface area contributed by atoms with Crippen LogP contribution in [0.4, 0.5) is 9.59 Å². The summed E-state index contributed by atoms with van der Waals surface area (Å²) in [6, 6.07) is -0.395. The maximum absolute atomic E-state index is 12.4. The van der Waals surface area contributed by atoms with Gasteiger partial charge in [0.25, 0.3) is 0 Å². The van der Waals surface area contributed by atoms with E-state index < -0.39 is 12.2 Å². The van der Waals surface area contributed by atoms with Gasteiger partial charge in [-0.1, -0.05) is 44.0 Å². The Kier molecular flexibility index (Phi) is 4.42. The number of carbonyl (C=O) groups excluding carboxylic acids is 2. The van der Waals surface area contributed by atoms with Crippen molar-refractivity contribution in [2.75, 3.05) is 13.2 Å². The molecule has 0 aromatic heterocycles. The maximum Gasteiger partial charge on any atom is 0.429 e. The minimum absolute atomic E-state index is 0.198. The largest absolute Gasteiger partial charge is 0.448 e. The highest BCUT2D eigenvalue weighted by Crippen LogP contribution is 2.56. The molecule has 2 amide bonds. The Balaban J connectivity index is 1.94. The first-order valence-corrected chi connectivity index (χ1v) is 9.24. The van der Waals surface area contributed by atoms with E-state index in [0.29, 0.717) is 0 Å².